The minimum Gasteiger partial charge on any atom is -0.392 e. The van der Waals surface area contributed by atoms with E-state index in [0.29, 0.717) is 24.3 Å². The lowest BCUT2D eigenvalue weighted by atomic mass is 10.1. The minimum atomic E-state index is -3.49. The summed E-state index contributed by atoms with van der Waals surface area (Å²) >= 11 is 0. The molecule has 1 aliphatic heterocycles. The van der Waals surface area contributed by atoms with E-state index >= 15 is 0 Å². The molecule has 0 radical (unpaired) electrons. The Morgan fingerprint density at radius 1 is 1.35 bits per heavy atom. The molecular weight excluding hydrogens is 276 g/mol. The SMILES string of the molecule is CNC(C)c1ccc(S(=O)(=O)N2CCCC(O)C2)cc1. The highest BCUT2D eigenvalue weighted by Crippen LogP contribution is 2.22. The first-order chi connectivity index (χ1) is 9.45. The molecule has 0 spiro atoms. The van der Waals surface area contributed by atoms with E-state index < -0.39 is 16.1 Å². The number of aliphatic hydroxyl groups is 1. The molecule has 0 bridgehead atoms. The van der Waals surface area contributed by atoms with Crippen molar-refractivity contribution in [3.8, 4) is 0 Å². The van der Waals surface area contributed by atoms with Gasteiger partial charge in [0.2, 0.25) is 10.0 Å². The van der Waals surface area contributed by atoms with E-state index in [2.05, 4.69) is 5.32 Å². The second-order valence-corrected chi connectivity index (χ2v) is 7.18. The van der Waals surface area contributed by atoms with E-state index in [0.717, 1.165) is 5.56 Å². The number of hydrogen-bond donors (Lipinski definition) is 2. The average Bonchev–Trinajstić information content (AvgIpc) is 2.46. The molecule has 1 aliphatic rings. The van der Waals surface area contributed by atoms with Crippen LogP contribution in [0.15, 0.2) is 29.2 Å². The van der Waals surface area contributed by atoms with Crippen LogP contribution in [0.2, 0.25) is 0 Å². The number of benzene rings is 1. The van der Waals surface area contributed by atoms with Gasteiger partial charge in [-0.15, -0.1) is 0 Å². The summed E-state index contributed by atoms with van der Waals surface area (Å²) in [7, 11) is -1.63. The van der Waals surface area contributed by atoms with Gasteiger partial charge < -0.3 is 10.4 Å². The molecule has 0 amide bonds. The number of rotatable bonds is 4. The Balaban J connectivity index is 2.21. The monoisotopic (exact) mass is 298 g/mol. The lowest BCUT2D eigenvalue weighted by Crippen LogP contribution is -2.42. The van der Waals surface area contributed by atoms with Crippen LogP contribution in [0, 0.1) is 0 Å². The van der Waals surface area contributed by atoms with Crippen LogP contribution in [0.4, 0.5) is 0 Å². The number of nitrogens with one attached hydrogen (secondary N) is 1. The molecule has 20 heavy (non-hydrogen) atoms. The van der Waals surface area contributed by atoms with Gasteiger partial charge in [-0.05, 0) is 44.5 Å². The van der Waals surface area contributed by atoms with Gasteiger partial charge in [0, 0.05) is 19.1 Å². The van der Waals surface area contributed by atoms with Crippen molar-refractivity contribution in [2.75, 3.05) is 20.1 Å². The van der Waals surface area contributed by atoms with Crippen molar-refractivity contribution in [1.29, 1.82) is 0 Å². The third-order valence-corrected chi connectivity index (χ3v) is 5.69. The van der Waals surface area contributed by atoms with Crippen molar-refractivity contribution in [3.05, 3.63) is 29.8 Å². The van der Waals surface area contributed by atoms with Crippen LogP contribution in [-0.4, -0.2) is 44.1 Å². The Kier molecular flexibility index (Phi) is 4.80. The minimum absolute atomic E-state index is 0.184. The molecule has 1 fully saturated rings. The number of piperidine rings is 1. The second kappa shape index (κ2) is 6.22. The van der Waals surface area contributed by atoms with Crippen LogP contribution in [0.25, 0.3) is 0 Å². The largest absolute Gasteiger partial charge is 0.392 e. The van der Waals surface area contributed by atoms with Gasteiger partial charge in [-0.2, -0.15) is 4.31 Å². The van der Waals surface area contributed by atoms with Gasteiger partial charge in [0.25, 0.3) is 0 Å². The van der Waals surface area contributed by atoms with Crippen LogP contribution in [0.1, 0.15) is 31.4 Å². The summed E-state index contributed by atoms with van der Waals surface area (Å²) in [5, 5.41) is 12.7. The van der Waals surface area contributed by atoms with Gasteiger partial charge in [-0.1, -0.05) is 12.1 Å². The van der Waals surface area contributed by atoms with Crippen molar-refractivity contribution in [1.82, 2.24) is 9.62 Å². The lowest BCUT2D eigenvalue weighted by Gasteiger charge is -2.29. The highest BCUT2D eigenvalue weighted by Gasteiger charge is 2.29. The van der Waals surface area contributed by atoms with E-state index in [1.54, 1.807) is 12.1 Å². The summed E-state index contributed by atoms with van der Waals surface area (Å²) in [6.45, 7) is 2.69. The van der Waals surface area contributed by atoms with E-state index in [1.165, 1.54) is 4.31 Å². The molecule has 2 atom stereocenters. The Labute approximate surface area is 120 Å². The Hall–Kier alpha value is -0.950. The normalized spacial score (nSPS) is 22.6. The molecule has 5 nitrogen and oxygen atoms in total. The average molecular weight is 298 g/mol. The fraction of sp³-hybridized carbons (Fsp3) is 0.571. The molecule has 2 unspecified atom stereocenters. The number of sulfonamides is 1. The molecule has 0 aliphatic carbocycles. The molecule has 0 saturated carbocycles. The van der Waals surface area contributed by atoms with E-state index in [9.17, 15) is 13.5 Å². The van der Waals surface area contributed by atoms with Crippen molar-refractivity contribution >= 4 is 10.0 Å². The van der Waals surface area contributed by atoms with Crippen molar-refractivity contribution in [3.63, 3.8) is 0 Å². The topological polar surface area (TPSA) is 69.6 Å². The highest BCUT2D eigenvalue weighted by atomic mass is 32.2. The van der Waals surface area contributed by atoms with Gasteiger partial charge in [0.1, 0.15) is 0 Å². The number of hydrogen-bond acceptors (Lipinski definition) is 4. The Morgan fingerprint density at radius 2 is 2.00 bits per heavy atom. The molecule has 1 aromatic rings. The van der Waals surface area contributed by atoms with Crippen LogP contribution >= 0.6 is 0 Å². The fourth-order valence-corrected chi connectivity index (χ4v) is 3.90. The van der Waals surface area contributed by atoms with Crippen molar-refractivity contribution < 1.29 is 13.5 Å². The van der Waals surface area contributed by atoms with Gasteiger partial charge >= 0.3 is 0 Å². The molecule has 1 heterocycles. The Morgan fingerprint density at radius 3 is 2.55 bits per heavy atom. The summed E-state index contributed by atoms with van der Waals surface area (Å²) in [6.07, 6.45) is 0.821. The zero-order valence-corrected chi connectivity index (χ0v) is 12.7. The van der Waals surface area contributed by atoms with Gasteiger partial charge in [0.05, 0.1) is 11.0 Å². The van der Waals surface area contributed by atoms with Gasteiger partial charge in [-0.3, -0.25) is 0 Å². The molecule has 1 saturated heterocycles. The van der Waals surface area contributed by atoms with Crippen LogP contribution in [0.5, 0.6) is 0 Å². The summed E-state index contributed by atoms with van der Waals surface area (Å²) in [5.41, 5.74) is 1.05. The number of β-amino-alcohol motifs (C(OH)–C–C–N with tert-alkyl or cyclic N) is 1. The number of aliphatic hydroxyl groups excluding tert-OH is 1. The molecule has 1 aromatic carbocycles. The maximum Gasteiger partial charge on any atom is 0.243 e. The van der Waals surface area contributed by atoms with Gasteiger partial charge in [-0.25, -0.2) is 8.42 Å². The summed E-state index contributed by atoms with van der Waals surface area (Å²) in [5.74, 6) is 0. The van der Waals surface area contributed by atoms with Crippen LogP contribution in [-0.2, 0) is 10.0 Å². The van der Waals surface area contributed by atoms with Crippen LogP contribution in [0.3, 0.4) is 0 Å². The standard InChI is InChI=1S/C14H22N2O3S/c1-11(15-2)12-5-7-14(8-6-12)20(18,19)16-9-3-4-13(17)10-16/h5-8,11,13,15,17H,3-4,9-10H2,1-2H3. The maximum absolute atomic E-state index is 12.5. The van der Waals surface area contributed by atoms with Crippen molar-refractivity contribution in [2.24, 2.45) is 0 Å². The molecule has 0 aromatic heterocycles. The molecule has 112 valence electrons. The zero-order chi connectivity index (χ0) is 14.8. The molecule has 2 rings (SSSR count). The summed E-state index contributed by atoms with van der Waals surface area (Å²) in [6, 6.07) is 7.12. The van der Waals surface area contributed by atoms with Crippen molar-refractivity contribution in [2.45, 2.75) is 36.8 Å². The lowest BCUT2D eigenvalue weighted by molar-refractivity contribution is 0.108. The fourth-order valence-electron chi connectivity index (χ4n) is 2.38. The molecule has 2 N–H and O–H groups in total. The summed E-state index contributed by atoms with van der Waals surface area (Å²) in [4.78, 5) is 0.290. The van der Waals surface area contributed by atoms with Crippen LogP contribution < -0.4 is 5.32 Å². The van der Waals surface area contributed by atoms with E-state index in [1.807, 2.05) is 26.1 Å². The van der Waals surface area contributed by atoms with E-state index in [4.69, 9.17) is 0 Å². The number of nitrogens with zero attached hydrogens (tertiary/aromatic N) is 1. The smallest absolute Gasteiger partial charge is 0.243 e. The molecule has 6 heteroatoms. The highest BCUT2D eigenvalue weighted by molar-refractivity contribution is 7.89. The molecular formula is C14H22N2O3S. The Bertz CT molecular complexity index is 542. The van der Waals surface area contributed by atoms with Gasteiger partial charge in [0.15, 0.2) is 0 Å². The van der Waals surface area contributed by atoms with E-state index in [-0.39, 0.29) is 12.6 Å². The third-order valence-electron chi connectivity index (χ3n) is 3.81. The maximum atomic E-state index is 12.5. The first-order valence-electron chi connectivity index (χ1n) is 6.90. The first kappa shape index (κ1) is 15.4. The summed E-state index contributed by atoms with van der Waals surface area (Å²) < 4.78 is 26.3. The first-order valence-corrected chi connectivity index (χ1v) is 8.34. The predicted molar refractivity (Wildman–Crippen MR) is 77.9 cm³/mol. The third kappa shape index (κ3) is 3.20. The quantitative estimate of drug-likeness (QED) is 0.874. The zero-order valence-electron chi connectivity index (χ0n) is 11.9. The predicted octanol–water partition coefficient (Wildman–Crippen LogP) is 1.11. The second-order valence-electron chi connectivity index (χ2n) is 5.24.